The van der Waals surface area contributed by atoms with Crippen molar-refractivity contribution in [2.45, 2.75) is 6.54 Å². The lowest BCUT2D eigenvalue weighted by Crippen LogP contribution is -2.28. The molecule has 0 aliphatic rings. The van der Waals surface area contributed by atoms with E-state index in [1.165, 1.54) is 30.6 Å². The van der Waals surface area contributed by atoms with Gasteiger partial charge in [0.1, 0.15) is 6.54 Å². The van der Waals surface area contributed by atoms with Gasteiger partial charge >= 0.3 is 11.7 Å². The van der Waals surface area contributed by atoms with Crippen LogP contribution in [0.4, 0.5) is 5.69 Å². The minimum atomic E-state index is -1.14. The number of carbonyl (C=O) groups excluding carboxylic acids is 1. The summed E-state index contributed by atoms with van der Waals surface area (Å²) in [6, 6.07) is 7.56. The highest BCUT2D eigenvalue weighted by Gasteiger charge is 2.12. The SMILES string of the molecule is O=C(Cn1cccnc1=O)Nc1ccccc1C(=O)O. The first-order valence-electron chi connectivity index (χ1n) is 5.71. The maximum absolute atomic E-state index is 11.8. The van der Waals surface area contributed by atoms with Crippen molar-refractivity contribution in [1.82, 2.24) is 9.55 Å². The molecule has 7 nitrogen and oxygen atoms in total. The number of anilines is 1. The van der Waals surface area contributed by atoms with Crippen molar-refractivity contribution in [3.05, 3.63) is 58.8 Å². The maximum Gasteiger partial charge on any atom is 0.347 e. The molecule has 2 rings (SSSR count). The van der Waals surface area contributed by atoms with Gasteiger partial charge in [0.2, 0.25) is 5.91 Å². The summed E-state index contributed by atoms with van der Waals surface area (Å²) in [6.45, 7) is -0.235. The van der Waals surface area contributed by atoms with Gasteiger partial charge in [-0.2, -0.15) is 0 Å². The van der Waals surface area contributed by atoms with E-state index in [0.29, 0.717) is 0 Å². The Morgan fingerprint density at radius 3 is 2.70 bits per heavy atom. The monoisotopic (exact) mass is 273 g/mol. The van der Waals surface area contributed by atoms with Gasteiger partial charge in [0, 0.05) is 12.4 Å². The number of amides is 1. The molecule has 0 fully saturated rings. The van der Waals surface area contributed by atoms with Gasteiger partial charge in [-0.1, -0.05) is 12.1 Å². The highest BCUT2D eigenvalue weighted by atomic mass is 16.4. The van der Waals surface area contributed by atoms with E-state index in [2.05, 4.69) is 10.3 Å². The number of hydrogen-bond donors (Lipinski definition) is 2. The number of carboxylic acid groups (broad SMARTS) is 1. The van der Waals surface area contributed by atoms with Crippen molar-refractivity contribution in [3.63, 3.8) is 0 Å². The molecule has 1 heterocycles. The fraction of sp³-hybridized carbons (Fsp3) is 0.0769. The third-order valence-electron chi connectivity index (χ3n) is 2.53. The molecule has 0 saturated heterocycles. The van der Waals surface area contributed by atoms with Crippen LogP contribution in [0.25, 0.3) is 0 Å². The van der Waals surface area contributed by atoms with Crippen molar-refractivity contribution < 1.29 is 14.7 Å². The molecule has 0 unspecified atom stereocenters. The average Bonchev–Trinajstić information content (AvgIpc) is 2.41. The minimum Gasteiger partial charge on any atom is -0.478 e. The molecule has 1 aromatic heterocycles. The molecule has 102 valence electrons. The number of hydrogen-bond acceptors (Lipinski definition) is 4. The first kappa shape index (κ1) is 13.5. The summed E-state index contributed by atoms with van der Waals surface area (Å²) in [5.74, 6) is -1.65. The molecule has 1 aromatic carbocycles. The molecule has 0 aliphatic heterocycles. The Morgan fingerprint density at radius 2 is 2.00 bits per heavy atom. The van der Waals surface area contributed by atoms with E-state index in [1.807, 2.05) is 0 Å². The van der Waals surface area contributed by atoms with Gasteiger partial charge in [-0.3, -0.25) is 9.36 Å². The lowest BCUT2D eigenvalue weighted by atomic mass is 10.2. The lowest BCUT2D eigenvalue weighted by Gasteiger charge is -2.09. The first-order chi connectivity index (χ1) is 9.58. The maximum atomic E-state index is 11.8. The summed E-state index contributed by atoms with van der Waals surface area (Å²) >= 11 is 0. The fourth-order valence-electron chi connectivity index (χ4n) is 1.63. The van der Waals surface area contributed by atoms with E-state index >= 15 is 0 Å². The molecule has 1 amide bonds. The van der Waals surface area contributed by atoms with Gasteiger partial charge in [0.05, 0.1) is 11.3 Å². The van der Waals surface area contributed by atoms with E-state index in [9.17, 15) is 14.4 Å². The highest BCUT2D eigenvalue weighted by Crippen LogP contribution is 2.14. The van der Waals surface area contributed by atoms with E-state index < -0.39 is 17.6 Å². The molecule has 0 spiro atoms. The number of aromatic carboxylic acids is 1. The quantitative estimate of drug-likeness (QED) is 0.848. The van der Waals surface area contributed by atoms with Crippen molar-refractivity contribution in [2.24, 2.45) is 0 Å². The van der Waals surface area contributed by atoms with E-state index in [4.69, 9.17) is 5.11 Å². The van der Waals surface area contributed by atoms with Crippen LogP contribution >= 0.6 is 0 Å². The average molecular weight is 273 g/mol. The Hall–Kier alpha value is -2.96. The molecule has 0 aliphatic carbocycles. The third-order valence-corrected chi connectivity index (χ3v) is 2.53. The largest absolute Gasteiger partial charge is 0.478 e. The number of carboxylic acids is 1. The summed E-state index contributed by atoms with van der Waals surface area (Å²) in [6.07, 6.45) is 2.76. The molecular formula is C13H11N3O4. The smallest absolute Gasteiger partial charge is 0.347 e. The Balaban J connectivity index is 2.15. The second-order valence-corrected chi connectivity index (χ2v) is 3.93. The standard InChI is InChI=1S/C13H11N3O4/c17-11(8-16-7-3-6-14-13(16)20)15-10-5-2-1-4-9(10)12(18)19/h1-7H,8H2,(H,15,17)(H,18,19). The van der Waals surface area contributed by atoms with Crippen LogP contribution in [0.15, 0.2) is 47.5 Å². The molecule has 0 bridgehead atoms. The molecule has 20 heavy (non-hydrogen) atoms. The fourth-order valence-corrected chi connectivity index (χ4v) is 1.63. The number of nitrogens with one attached hydrogen (secondary N) is 1. The van der Waals surface area contributed by atoms with Gasteiger partial charge in [-0.15, -0.1) is 0 Å². The topological polar surface area (TPSA) is 101 Å². The van der Waals surface area contributed by atoms with E-state index in [0.717, 1.165) is 4.57 Å². The van der Waals surface area contributed by atoms with Crippen LogP contribution in [0.2, 0.25) is 0 Å². The number of para-hydroxylation sites is 1. The lowest BCUT2D eigenvalue weighted by molar-refractivity contribution is -0.116. The van der Waals surface area contributed by atoms with Crippen molar-refractivity contribution in [1.29, 1.82) is 0 Å². The van der Waals surface area contributed by atoms with E-state index in [1.54, 1.807) is 12.1 Å². The Kier molecular flexibility index (Phi) is 3.90. The highest BCUT2D eigenvalue weighted by molar-refractivity contribution is 6.00. The van der Waals surface area contributed by atoms with Gasteiger partial charge < -0.3 is 10.4 Å². The zero-order chi connectivity index (χ0) is 14.5. The van der Waals surface area contributed by atoms with Crippen molar-refractivity contribution >= 4 is 17.6 Å². The second kappa shape index (κ2) is 5.79. The van der Waals surface area contributed by atoms with Gasteiger partial charge in [-0.05, 0) is 18.2 Å². The molecule has 0 radical (unpaired) electrons. The third kappa shape index (κ3) is 3.08. The number of rotatable bonds is 4. The normalized spacial score (nSPS) is 10.0. The summed E-state index contributed by atoms with van der Waals surface area (Å²) < 4.78 is 1.12. The van der Waals surface area contributed by atoms with Crippen LogP contribution in [0.1, 0.15) is 10.4 Å². The molecule has 0 saturated carbocycles. The van der Waals surface area contributed by atoms with Crippen LogP contribution in [0.3, 0.4) is 0 Å². The van der Waals surface area contributed by atoms with Gasteiger partial charge in [0.15, 0.2) is 0 Å². The van der Waals surface area contributed by atoms with Crippen molar-refractivity contribution in [3.8, 4) is 0 Å². The van der Waals surface area contributed by atoms with Crippen LogP contribution in [0.5, 0.6) is 0 Å². The second-order valence-electron chi connectivity index (χ2n) is 3.93. The van der Waals surface area contributed by atoms with Crippen LogP contribution in [0, 0.1) is 0 Å². The summed E-state index contributed by atoms with van der Waals surface area (Å²) in [5.41, 5.74) is -0.379. The van der Waals surface area contributed by atoms with Crippen LogP contribution < -0.4 is 11.0 Å². The van der Waals surface area contributed by atoms with Crippen LogP contribution in [-0.2, 0) is 11.3 Å². The number of aromatic nitrogens is 2. The zero-order valence-electron chi connectivity index (χ0n) is 10.3. The Bertz CT molecular complexity index is 709. The molecule has 7 heteroatoms. The summed E-state index contributed by atoms with van der Waals surface area (Å²) in [4.78, 5) is 37.7. The Labute approximate surface area is 113 Å². The zero-order valence-corrected chi connectivity index (χ0v) is 10.3. The predicted molar refractivity (Wildman–Crippen MR) is 70.5 cm³/mol. The number of benzene rings is 1. The Morgan fingerprint density at radius 1 is 1.25 bits per heavy atom. The van der Waals surface area contributed by atoms with Crippen LogP contribution in [-0.4, -0.2) is 26.5 Å². The van der Waals surface area contributed by atoms with Gasteiger partial charge in [0.25, 0.3) is 0 Å². The molecule has 2 N–H and O–H groups in total. The van der Waals surface area contributed by atoms with Crippen molar-refractivity contribution in [2.75, 3.05) is 5.32 Å². The minimum absolute atomic E-state index is 0.0145. The summed E-state index contributed by atoms with van der Waals surface area (Å²) in [7, 11) is 0. The number of carbonyl (C=O) groups is 2. The first-order valence-corrected chi connectivity index (χ1v) is 5.71. The summed E-state index contributed by atoms with van der Waals surface area (Å²) in [5, 5.41) is 11.5. The van der Waals surface area contributed by atoms with Gasteiger partial charge in [-0.25, -0.2) is 14.6 Å². The number of nitrogens with zero attached hydrogens (tertiary/aromatic N) is 2. The molecule has 0 atom stereocenters. The van der Waals surface area contributed by atoms with E-state index in [-0.39, 0.29) is 17.8 Å². The predicted octanol–water partition coefficient (Wildman–Crippen LogP) is 0.580. The molecule has 2 aromatic rings. The molecular weight excluding hydrogens is 262 g/mol.